The first-order chi connectivity index (χ1) is 17.9. The molecule has 0 unspecified atom stereocenters. The Hall–Kier alpha value is -4.61. The summed E-state index contributed by atoms with van der Waals surface area (Å²) in [5.41, 5.74) is 1.67. The number of carbonyl (C=O) groups excluding carboxylic acids is 2. The first-order valence-corrected chi connectivity index (χ1v) is 12.4. The first-order valence-electron chi connectivity index (χ1n) is 10.8. The summed E-state index contributed by atoms with van der Waals surface area (Å²) in [5.74, 6) is -1.16. The third kappa shape index (κ3) is 5.17. The summed E-state index contributed by atoms with van der Waals surface area (Å²) in [6, 6.07) is 21.9. The van der Waals surface area contributed by atoms with Crippen LogP contribution >= 0.6 is 22.7 Å². The maximum atomic E-state index is 13.7. The van der Waals surface area contributed by atoms with E-state index in [9.17, 15) is 24.1 Å². The van der Waals surface area contributed by atoms with Crippen LogP contribution in [0.25, 0.3) is 10.2 Å². The Morgan fingerprint density at radius 2 is 1.62 bits per heavy atom. The molecule has 0 saturated carbocycles. The first kappa shape index (κ1) is 24.1. The van der Waals surface area contributed by atoms with Gasteiger partial charge in [0.1, 0.15) is 5.82 Å². The summed E-state index contributed by atoms with van der Waals surface area (Å²) in [5, 5.41) is 16.5. The molecule has 11 heteroatoms. The number of anilines is 1. The van der Waals surface area contributed by atoms with Crippen LogP contribution in [-0.2, 0) is 0 Å². The Kier molecular flexibility index (Phi) is 6.62. The van der Waals surface area contributed by atoms with E-state index in [1.54, 1.807) is 36.4 Å². The van der Waals surface area contributed by atoms with Gasteiger partial charge in [-0.15, -0.1) is 0 Å². The zero-order valence-corrected chi connectivity index (χ0v) is 20.4. The average Bonchev–Trinajstić information content (AvgIpc) is 3.56. The lowest BCUT2D eigenvalue weighted by Gasteiger charge is -2.14. The quantitative estimate of drug-likeness (QED) is 0.106. The standard InChI is InChI=1S/C26H15FN4O4S2/c27-19-10-12-21-22(14-19)37-26(29-21)30(28-15-20-11-13-23(36-20)31(34)35)25(33)18-8-6-17(7-9-18)24(32)16-4-2-1-3-5-16/h1-15H/b28-15+. The molecular weight excluding hydrogens is 515 g/mol. The third-order valence-corrected chi connectivity index (χ3v) is 7.20. The SMILES string of the molecule is O=C(c1ccccc1)c1ccc(C(=O)N(/N=C/c2ccc([N+](=O)[O-])s2)c2nc3ccc(F)cc3s2)cc1. The number of nitro groups is 1. The molecule has 2 aromatic heterocycles. The van der Waals surface area contributed by atoms with Crippen LogP contribution in [0.4, 0.5) is 14.5 Å². The summed E-state index contributed by atoms with van der Waals surface area (Å²) >= 11 is 1.98. The molecule has 0 aliphatic rings. The normalized spacial score (nSPS) is 11.2. The molecule has 5 rings (SSSR count). The van der Waals surface area contributed by atoms with Crippen molar-refractivity contribution in [2.24, 2.45) is 5.10 Å². The number of benzene rings is 3. The highest BCUT2D eigenvalue weighted by Crippen LogP contribution is 2.31. The number of hydrazone groups is 1. The molecule has 5 aromatic rings. The van der Waals surface area contributed by atoms with Crippen LogP contribution in [0.5, 0.6) is 0 Å². The van der Waals surface area contributed by atoms with Crippen molar-refractivity contribution in [2.45, 2.75) is 0 Å². The van der Waals surface area contributed by atoms with E-state index in [2.05, 4.69) is 10.1 Å². The number of thiophene rings is 1. The second-order valence-corrected chi connectivity index (χ2v) is 9.78. The maximum absolute atomic E-state index is 13.7. The highest BCUT2D eigenvalue weighted by atomic mass is 32.1. The summed E-state index contributed by atoms with van der Waals surface area (Å²) in [4.78, 5) is 41.6. The Balaban J connectivity index is 1.48. The number of amides is 1. The van der Waals surface area contributed by atoms with Crippen LogP contribution in [0.1, 0.15) is 31.2 Å². The predicted molar refractivity (Wildman–Crippen MR) is 141 cm³/mol. The summed E-state index contributed by atoms with van der Waals surface area (Å²) in [6.07, 6.45) is 1.33. The van der Waals surface area contributed by atoms with Crippen molar-refractivity contribution >= 4 is 60.9 Å². The van der Waals surface area contributed by atoms with Gasteiger partial charge < -0.3 is 0 Å². The molecule has 0 radical (unpaired) electrons. The highest BCUT2D eigenvalue weighted by Gasteiger charge is 2.22. The Labute approximate surface area is 217 Å². The average molecular weight is 531 g/mol. The van der Waals surface area contributed by atoms with Gasteiger partial charge in [-0.25, -0.2) is 9.37 Å². The molecule has 8 nitrogen and oxygen atoms in total. The summed E-state index contributed by atoms with van der Waals surface area (Å²) < 4.78 is 14.2. The lowest BCUT2D eigenvalue weighted by molar-refractivity contribution is -0.380. The topological polar surface area (TPSA) is 106 Å². The molecule has 0 aliphatic heterocycles. The zero-order valence-electron chi connectivity index (χ0n) is 18.8. The lowest BCUT2D eigenvalue weighted by atomic mass is 10.0. The van der Waals surface area contributed by atoms with E-state index in [0.717, 1.165) is 27.7 Å². The molecule has 0 bridgehead atoms. The Morgan fingerprint density at radius 1 is 0.919 bits per heavy atom. The van der Waals surface area contributed by atoms with Gasteiger partial charge in [0.15, 0.2) is 5.78 Å². The van der Waals surface area contributed by atoms with Crippen LogP contribution in [0.15, 0.2) is 90.0 Å². The second kappa shape index (κ2) is 10.2. The van der Waals surface area contributed by atoms with Crippen LogP contribution in [0.2, 0.25) is 0 Å². The van der Waals surface area contributed by atoms with Gasteiger partial charge in [-0.2, -0.15) is 10.1 Å². The number of nitrogens with zero attached hydrogens (tertiary/aromatic N) is 4. The number of carbonyl (C=O) groups is 2. The number of thiazole rings is 1. The third-order valence-electron chi connectivity index (χ3n) is 5.24. The monoisotopic (exact) mass is 530 g/mol. The number of halogens is 1. The summed E-state index contributed by atoms with van der Waals surface area (Å²) in [6.45, 7) is 0. The fourth-order valence-electron chi connectivity index (χ4n) is 3.43. The fourth-order valence-corrected chi connectivity index (χ4v) is 5.07. The van der Waals surface area contributed by atoms with E-state index in [-0.39, 0.29) is 21.5 Å². The molecular formula is C26H15FN4O4S2. The molecule has 0 saturated heterocycles. The number of ketones is 1. The van der Waals surface area contributed by atoms with E-state index in [1.807, 2.05) is 6.07 Å². The molecule has 2 heterocycles. The van der Waals surface area contributed by atoms with Gasteiger partial charge in [-0.05, 0) is 36.4 Å². The van der Waals surface area contributed by atoms with Crippen molar-refractivity contribution in [3.63, 3.8) is 0 Å². The fraction of sp³-hybridized carbons (Fsp3) is 0. The second-order valence-electron chi connectivity index (χ2n) is 7.68. The van der Waals surface area contributed by atoms with Crippen molar-refractivity contribution in [1.82, 2.24) is 4.98 Å². The van der Waals surface area contributed by atoms with Gasteiger partial charge in [0.2, 0.25) is 5.13 Å². The molecule has 3 aromatic carbocycles. The van der Waals surface area contributed by atoms with E-state index in [1.165, 1.54) is 48.7 Å². The van der Waals surface area contributed by atoms with Gasteiger partial charge in [-0.3, -0.25) is 19.7 Å². The van der Waals surface area contributed by atoms with Crippen molar-refractivity contribution in [1.29, 1.82) is 0 Å². The zero-order chi connectivity index (χ0) is 25.9. The van der Waals surface area contributed by atoms with E-state index < -0.39 is 16.6 Å². The van der Waals surface area contributed by atoms with Crippen LogP contribution in [-0.4, -0.2) is 27.8 Å². The smallest absolute Gasteiger partial charge is 0.289 e. The van der Waals surface area contributed by atoms with Gasteiger partial charge in [0.05, 0.1) is 26.2 Å². The Bertz CT molecular complexity index is 1660. The largest absolute Gasteiger partial charge is 0.324 e. The highest BCUT2D eigenvalue weighted by molar-refractivity contribution is 7.22. The molecule has 0 fully saturated rings. The number of hydrogen-bond acceptors (Lipinski definition) is 8. The number of rotatable bonds is 7. The van der Waals surface area contributed by atoms with E-state index in [4.69, 9.17) is 0 Å². The predicted octanol–water partition coefficient (Wildman–Crippen LogP) is 6.32. The summed E-state index contributed by atoms with van der Waals surface area (Å²) in [7, 11) is 0. The van der Waals surface area contributed by atoms with Crippen molar-refractivity contribution in [2.75, 3.05) is 5.01 Å². The van der Waals surface area contributed by atoms with E-state index >= 15 is 0 Å². The van der Waals surface area contributed by atoms with Crippen LogP contribution < -0.4 is 5.01 Å². The molecule has 0 spiro atoms. The minimum atomic E-state index is -0.541. The molecule has 182 valence electrons. The minimum Gasteiger partial charge on any atom is -0.289 e. The number of hydrogen-bond donors (Lipinski definition) is 0. The van der Waals surface area contributed by atoms with Crippen molar-refractivity contribution in [3.8, 4) is 0 Å². The number of fused-ring (bicyclic) bond motifs is 1. The Morgan fingerprint density at radius 3 is 2.32 bits per heavy atom. The van der Waals surface area contributed by atoms with Gasteiger partial charge in [-0.1, -0.05) is 65.1 Å². The van der Waals surface area contributed by atoms with Crippen molar-refractivity contribution < 1.29 is 18.9 Å². The van der Waals surface area contributed by atoms with Gasteiger partial charge in [0.25, 0.3) is 5.91 Å². The van der Waals surface area contributed by atoms with Gasteiger partial charge >= 0.3 is 5.00 Å². The van der Waals surface area contributed by atoms with Crippen molar-refractivity contribution in [3.05, 3.63) is 122 Å². The molecule has 37 heavy (non-hydrogen) atoms. The molecule has 0 N–H and O–H groups in total. The molecule has 1 amide bonds. The van der Waals surface area contributed by atoms with Crippen LogP contribution in [0.3, 0.4) is 0 Å². The molecule has 0 atom stereocenters. The maximum Gasteiger partial charge on any atom is 0.324 e. The number of aromatic nitrogens is 1. The minimum absolute atomic E-state index is 0.0616. The van der Waals surface area contributed by atoms with Gasteiger partial charge in [0, 0.05) is 22.8 Å². The van der Waals surface area contributed by atoms with E-state index in [0.29, 0.717) is 26.2 Å². The lowest BCUT2D eigenvalue weighted by Crippen LogP contribution is -2.25. The molecule has 0 aliphatic carbocycles. The van der Waals surface area contributed by atoms with Crippen LogP contribution in [0, 0.1) is 15.9 Å².